The number of hydrogen-bond acceptors (Lipinski definition) is 5. The van der Waals surface area contributed by atoms with Gasteiger partial charge in [-0.15, -0.1) is 0 Å². The Hall–Kier alpha value is -0.650. The van der Waals surface area contributed by atoms with Crippen LogP contribution in [-0.4, -0.2) is 35.9 Å². The van der Waals surface area contributed by atoms with Gasteiger partial charge in [0.2, 0.25) is 0 Å². The molecule has 1 saturated heterocycles. The monoisotopic (exact) mass is 256 g/mol. The van der Waals surface area contributed by atoms with Gasteiger partial charge in [0, 0.05) is 13.1 Å². The number of hydrogen-bond donors (Lipinski definition) is 1. The van der Waals surface area contributed by atoms with Crippen LogP contribution in [0.15, 0.2) is 0 Å². The molecule has 96 valence electrons. The number of ether oxygens (including phenoxy) is 1. The predicted molar refractivity (Wildman–Crippen MR) is 69.7 cm³/mol. The standard InChI is InChI=1S/C12H20N2O2S/c1-3-4-10-11(8-15)17-12(13-10)14-5-6-16-9(2)7-14/h9,15H,3-8H2,1-2H3. The fourth-order valence-electron chi connectivity index (χ4n) is 2.05. The molecular weight excluding hydrogens is 236 g/mol. The van der Waals surface area contributed by atoms with Crippen molar-refractivity contribution in [3.05, 3.63) is 10.6 Å². The van der Waals surface area contributed by atoms with Crippen molar-refractivity contribution in [1.29, 1.82) is 0 Å². The molecule has 0 saturated carbocycles. The second-order valence-electron chi connectivity index (χ2n) is 4.40. The summed E-state index contributed by atoms with van der Waals surface area (Å²) in [7, 11) is 0. The Balaban J connectivity index is 2.14. The highest BCUT2D eigenvalue weighted by Gasteiger charge is 2.21. The Labute approximate surface area is 106 Å². The first-order valence-corrected chi connectivity index (χ1v) is 7.02. The van der Waals surface area contributed by atoms with E-state index in [1.165, 1.54) is 0 Å². The summed E-state index contributed by atoms with van der Waals surface area (Å²) in [5, 5.41) is 10.4. The Kier molecular flexibility index (Phi) is 4.36. The largest absolute Gasteiger partial charge is 0.391 e. The summed E-state index contributed by atoms with van der Waals surface area (Å²) in [4.78, 5) is 7.93. The molecule has 5 heteroatoms. The van der Waals surface area contributed by atoms with Gasteiger partial charge in [0.1, 0.15) is 0 Å². The molecule has 1 fully saturated rings. The third-order valence-corrected chi connectivity index (χ3v) is 4.05. The van der Waals surface area contributed by atoms with Crippen LogP contribution in [-0.2, 0) is 17.8 Å². The number of morpholine rings is 1. The second kappa shape index (κ2) is 5.80. The summed E-state index contributed by atoms with van der Waals surface area (Å²) < 4.78 is 5.53. The first kappa shape index (κ1) is 12.8. The number of aryl methyl sites for hydroxylation is 1. The maximum absolute atomic E-state index is 9.34. The van der Waals surface area contributed by atoms with Crippen molar-refractivity contribution in [1.82, 2.24) is 4.98 Å². The van der Waals surface area contributed by atoms with Crippen molar-refractivity contribution >= 4 is 16.5 Å². The number of anilines is 1. The van der Waals surface area contributed by atoms with Crippen LogP contribution in [0.25, 0.3) is 0 Å². The van der Waals surface area contributed by atoms with Crippen LogP contribution < -0.4 is 4.90 Å². The normalized spacial score (nSPS) is 20.9. The third-order valence-electron chi connectivity index (χ3n) is 2.91. The maximum atomic E-state index is 9.34. The van der Waals surface area contributed by atoms with E-state index in [0.717, 1.165) is 48.2 Å². The topological polar surface area (TPSA) is 45.6 Å². The van der Waals surface area contributed by atoms with Gasteiger partial charge in [0.15, 0.2) is 5.13 Å². The van der Waals surface area contributed by atoms with Crippen LogP contribution >= 0.6 is 11.3 Å². The molecule has 0 aromatic carbocycles. The SMILES string of the molecule is CCCc1nc(N2CCOC(C)C2)sc1CO. The lowest BCUT2D eigenvalue weighted by molar-refractivity contribution is 0.0532. The fourth-order valence-corrected chi connectivity index (χ4v) is 3.05. The molecule has 17 heavy (non-hydrogen) atoms. The van der Waals surface area contributed by atoms with Crippen LogP contribution in [0.5, 0.6) is 0 Å². The van der Waals surface area contributed by atoms with E-state index in [2.05, 4.69) is 23.7 Å². The number of thiazole rings is 1. The van der Waals surface area contributed by atoms with E-state index >= 15 is 0 Å². The highest BCUT2D eigenvalue weighted by Crippen LogP contribution is 2.28. The zero-order valence-electron chi connectivity index (χ0n) is 10.5. The molecule has 0 radical (unpaired) electrons. The quantitative estimate of drug-likeness (QED) is 0.892. The van der Waals surface area contributed by atoms with Gasteiger partial charge in [0.25, 0.3) is 0 Å². The third kappa shape index (κ3) is 2.97. The lowest BCUT2D eigenvalue weighted by Crippen LogP contribution is -2.41. The minimum absolute atomic E-state index is 0.104. The number of aromatic nitrogens is 1. The summed E-state index contributed by atoms with van der Waals surface area (Å²) in [5.41, 5.74) is 1.06. The molecule has 0 spiro atoms. The Morgan fingerprint density at radius 2 is 2.41 bits per heavy atom. The first-order valence-electron chi connectivity index (χ1n) is 6.20. The van der Waals surface area contributed by atoms with Gasteiger partial charge in [-0.1, -0.05) is 24.7 Å². The van der Waals surface area contributed by atoms with Crippen LogP contribution in [0.1, 0.15) is 30.8 Å². The van der Waals surface area contributed by atoms with Gasteiger partial charge in [-0.3, -0.25) is 0 Å². The molecular formula is C12H20N2O2S. The predicted octanol–water partition coefficient (Wildman–Crippen LogP) is 1.81. The molecule has 0 bridgehead atoms. The Morgan fingerprint density at radius 3 is 3.06 bits per heavy atom. The molecule has 1 atom stereocenters. The molecule has 1 aliphatic heterocycles. The Bertz CT molecular complexity index is 367. The molecule has 1 unspecified atom stereocenters. The first-order chi connectivity index (χ1) is 8.24. The summed E-state index contributed by atoms with van der Waals surface area (Å²) in [6.07, 6.45) is 2.28. The van der Waals surface area contributed by atoms with E-state index in [-0.39, 0.29) is 12.7 Å². The summed E-state index contributed by atoms with van der Waals surface area (Å²) in [6, 6.07) is 0. The highest BCUT2D eigenvalue weighted by atomic mass is 32.1. The second-order valence-corrected chi connectivity index (χ2v) is 5.46. The summed E-state index contributed by atoms with van der Waals surface area (Å²) in [6.45, 7) is 6.88. The number of aliphatic hydroxyl groups excluding tert-OH is 1. The number of nitrogens with zero attached hydrogens (tertiary/aromatic N) is 2. The van der Waals surface area contributed by atoms with Crippen molar-refractivity contribution in [2.24, 2.45) is 0 Å². The molecule has 4 nitrogen and oxygen atoms in total. The zero-order valence-corrected chi connectivity index (χ0v) is 11.3. The van der Waals surface area contributed by atoms with E-state index in [1.807, 2.05) is 0 Å². The number of aliphatic hydroxyl groups is 1. The average Bonchev–Trinajstić information content (AvgIpc) is 2.73. The minimum atomic E-state index is 0.104. The molecule has 2 rings (SSSR count). The summed E-state index contributed by atoms with van der Waals surface area (Å²) in [5.74, 6) is 0. The van der Waals surface area contributed by atoms with Crippen LogP contribution in [0.3, 0.4) is 0 Å². The zero-order chi connectivity index (χ0) is 12.3. The van der Waals surface area contributed by atoms with Crippen molar-refractivity contribution < 1.29 is 9.84 Å². The highest BCUT2D eigenvalue weighted by molar-refractivity contribution is 7.15. The molecule has 1 aromatic heterocycles. The van der Waals surface area contributed by atoms with Crippen molar-refractivity contribution in [2.75, 3.05) is 24.6 Å². The number of rotatable bonds is 4. The van der Waals surface area contributed by atoms with E-state index in [0.29, 0.717) is 0 Å². The van der Waals surface area contributed by atoms with Crippen molar-refractivity contribution in [3.63, 3.8) is 0 Å². The summed E-state index contributed by atoms with van der Waals surface area (Å²) >= 11 is 1.62. The molecule has 1 N–H and O–H groups in total. The lowest BCUT2D eigenvalue weighted by Gasteiger charge is -2.30. The van der Waals surface area contributed by atoms with E-state index in [9.17, 15) is 5.11 Å². The maximum Gasteiger partial charge on any atom is 0.186 e. The molecule has 2 heterocycles. The lowest BCUT2D eigenvalue weighted by atomic mass is 10.2. The van der Waals surface area contributed by atoms with Crippen LogP contribution in [0, 0.1) is 0 Å². The van der Waals surface area contributed by atoms with Gasteiger partial charge in [-0.2, -0.15) is 0 Å². The minimum Gasteiger partial charge on any atom is -0.391 e. The molecule has 1 aliphatic rings. The average molecular weight is 256 g/mol. The van der Waals surface area contributed by atoms with Crippen molar-refractivity contribution in [3.8, 4) is 0 Å². The van der Waals surface area contributed by atoms with Crippen LogP contribution in [0.2, 0.25) is 0 Å². The van der Waals surface area contributed by atoms with E-state index in [1.54, 1.807) is 11.3 Å². The van der Waals surface area contributed by atoms with Gasteiger partial charge < -0.3 is 14.7 Å². The van der Waals surface area contributed by atoms with Gasteiger partial charge in [0.05, 0.1) is 29.9 Å². The van der Waals surface area contributed by atoms with Gasteiger partial charge >= 0.3 is 0 Å². The molecule has 1 aromatic rings. The molecule has 0 amide bonds. The van der Waals surface area contributed by atoms with E-state index < -0.39 is 0 Å². The van der Waals surface area contributed by atoms with Gasteiger partial charge in [-0.25, -0.2) is 4.98 Å². The van der Waals surface area contributed by atoms with Crippen molar-refractivity contribution in [2.45, 2.75) is 39.4 Å². The smallest absolute Gasteiger partial charge is 0.186 e. The van der Waals surface area contributed by atoms with Gasteiger partial charge in [-0.05, 0) is 13.3 Å². The fraction of sp³-hybridized carbons (Fsp3) is 0.750. The molecule has 0 aliphatic carbocycles. The Morgan fingerprint density at radius 1 is 1.59 bits per heavy atom. The van der Waals surface area contributed by atoms with Crippen LogP contribution in [0.4, 0.5) is 5.13 Å². The van der Waals surface area contributed by atoms with E-state index in [4.69, 9.17) is 4.74 Å².